The van der Waals surface area contributed by atoms with Gasteiger partial charge in [0.25, 0.3) is 6.71 Å². The van der Waals surface area contributed by atoms with Crippen molar-refractivity contribution in [2.45, 2.75) is 132 Å². The molecule has 0 saturated carbocycles. The average molecular weight is 931 g/mol. The zero-order valence-corrected chi connectivity index (χ0v) is 44.3. The number of rotatable bonds is 2. The Labute approximate surface area is 417 Å². The summed E-state index contributed by atoms with van der Waals surface area (Å²) in [5, 5.41) is 4.48. The van der Waals surface area contributed by atoms with Crippen molar-refractivity contribution in [1.82, 2.24) is 19.1 Å². The zero-order valence-electron chi connectivity index (χ0n) is 44.3. The molecule has 71 heavy (non-hydrogen) atoms. The zero-order chi connectivity index (χ0) is 49.9. The first-order valence-electron chi connectivity index (χ1n) is 25.6. The van der Waals surface area contributed by atoms with Crippen LogP contribution in [0.25, 0.3) is 100 Å². The molecule has 354 valence electrons. The number of imidazole rings is 2. The van der Waals surface area contributed by atoms with Gasteiger partial charge in [-0.25, -0.2) is 9.97 Å². The van der Waals surface area contributed by atoms with Gasteiger partial charge in [0, 0.05) is 55.2 Å². The van der Waals surface area contributed by atoms with Crippen LogP contribution in [-0.2, 0) is 21.7 Å². The Morgan fingerprint density at radius 3 is 1.13 bits per heavy atom. The van der Waals surface area contributed by atoms with E-state index in [1.54, 1.807) is 0 Å². The van der Waals surface area contributed by atoms with Gasteiger partial charge in [0.2, 0.25) is 0 Å². The topological polar surface area (TPSA) is 61.9 Å². The number of hydrogen-bond donors (Lipinski definition) is 0. The Morgan fingerprint density at radius 1 is 0.423 bits per heavy atom. The van der Waals surface area contributed by atoms with E-state index in [9.17, 15) is 0 Å². The van der Waals surface area contributed by atoms with Gasteiger partial charge in [0.05, 0.1) is 11.0 Å². The Kier molecular flexibility index (Phi) is 8.68. The quantitative estimate of drug-likeness (QED) is 0.162. The van der Waals surface area contributed by atoms with Crippen LogP contribution < -0.4 is 16.4 Å². The van der Waals surface area contributed by atoms with Gasteiger partial charge in [-0.1, -0.05) is 150 Å². The number of furan rings is 2. The molecule has 0 saturated heterocycles. The van der Waals surface area contributed by atoms with Crippen LogP contribution >= 0.6 is 0 Å². The molecule has 0 bridgehead atoms. The number of nitrogens with zero attached hydrogens (tertiary/aromatic N) is 4. The molecule has 7 aromatic carbocycles. The molecular weight excluding hydrogens is 868 g/mol. The van der Waals surface area contributed by atoms with Crippen LogP contribution in [0, 0.1) is 27.7 Å². The Morgan fingerprint density at radius 2 is 0.775 bits per heavy atom. The van der Waals surface area contributed by atoms with E-state index in [1.807, 2.05) is 0 Å². The van der Waals surface area contributed by atoms with Crippen LogP contribution in [0.4, 0.5) is 0 Å². The first kappa shape index (κ1) is 44.1. The molecule has 7 heteroatoms. The highest BCUT2D eigenvalue weighted by Crippen LogP contribution is 2.47. The molecule has 11 aromatic rings. The molecule has 0 fully saturated rings. The van der Waals surface area contributed by atoms with E-state index >= 15 is 0 Å². The predicted molar refractivity (Wildman–Crippen MR) is 300 cm³/mol. The van der Waals surface area contributed by atoms with Gasteiger partial charge >= 0.3 is 0 Å². The summed E-state index contributed by atoms with van der Waals surface area (Å²) in [6, 6.07) is 34.6. The smallest absolute Gasteiger partial charge is 0.252 e. The van der Waals surface area contributed by atoms with Crippen LogP contribution in [0.3, 0.4) is 0 Å². The van der Waals surface area contributed by atoms with E-state index in [0.717, 1.165) is 100 Å². The fraction of sp³-hybridized carbons (Fsp3) is 0.312. The van der Waals surface area contributed by atoms with Crippen LogP contribution in [-0.4, -0.2) is 25.8 Å². The molecule has 0 radical (unpaired) electrons. The maximum absolute atomic E-state index is 7.33. The number of aryl methyl sites for hydroxylation is 4. The molecule has 0 amide bonds. The lowest BCUT2D eigenvalue weighted by atomic mass is 9.34. The molecule has 2 aliphatic rings. The van der Waals surface area contributed by atoms with Crippen LogP contribution in [0.15, 0.2) is 99.8 Å². The van der Waals surface area contributed by atoms with Crippen molar-refractivity contribution in [3.05, 3.63) is 136 Å². The summed E-state index contributed by atoms with van der Waals surface area (Å²) >= 11 is 0. The van der Waals surface area contributed by atoms with E-state index in [-0.39, 0.29) is 28.4 Å². The molecule has 13 rings (SSSR count). The minimum atomic E-state index is -0.166. The lowest BCUT2D eigenvalue weighted by Crippen LogP contribution is -2.59. The van der Waals surface area contributed by atoms with E-state index in [2.05, 4.69) is 211 Å². The van der Waals surface area contributed by atoms with Gasteiger partial charge in [0.15, 0.2) is 11.2 Å². The lowest BCUT2D eigenvalue weighted by Gasteiger charge is -2.33. The summed E-state index contributed by atoms with van der Waals surface area (Å²) in [5.41, 5.74) is 25.1. The third kappa shape index (κ3) is 5.95. The second-order valence-corrected chi connectivity index (χ2v) is 25.3. The second-order valence-electron chi connectivity index (χ2n) is 25.3. The Balaban J connectivity index is 1.26. The summed E-state index contributed by atoms with van der Waals surface area (Å²) in [6.07, 6.45) is 0. The van der Waals surface area contributed by atoms with E-state index < -0.39 is 0 Å². The van der Waals surface area contributed by atoms with Crippen molar-refractivity contribution in [2.24, 2.45) is 0 Å². The highest BCUT2D eigenvalue weighted by Gasteiger charge is 2.44. The largest absolute Gasteiger partial charge is 0.453 e. The van der Waals surface area contributed by atoms with Crippen molar-refractivity contribution in [2.75, 3.05) is 0 Å². The molecule has 0 aliphatic carbocycles. The van der Waals surface area contributed by atoms with Crippen LogP contribution in [0.5, 0.6) is 0 Å². The molecule has 0 N–H and O–H groups in total. The van der Waals surface area contributed by atoms with Gasteiger partial charge < -0.3 is 8.83 Å². The van der Waals surface area contributed by atoms with Crippen LogP contribution in [0.1, 0.15) is 128 Å². The van der Waals surface area contributed by atoms with Crippen molar-refractivity contribution in [3.8, 4) is 34.2 Å². The summed E-state index contributed by atoms with van der Waals surface area (Å²) in [7, 11) is 0. The first-order chi connectivity index (χ1) is 33.4. The molecule has 6 heterocycles. The monoisotopic (exact) mass is 931 g/mol. The van der Waals surface area contributed by atoms with E-state index in [4.69, 9.17) is 18.8 Å². The highest BCUT2D eigenvalue weighted by molar-refractivity contribution is 7.00. The Bertz CT molecular complexity index is 3890. The summed E-state index contributed by atoms with van der Waals surface area (Å²) < 4.78 is 19.6. The normalized spacial score (nSPS) is 13.9. The lowest BCUT2D eigenvalue weighted by molar-refractivity contribution is 0.559. The molecule has 0 atom stereocenters. The maximum Gasteiger partial charge on any atom is 0.252 e. The molecular formula is C64H63BN4O2. The van der Waals surface area contributed by atoms with Crippen molar-refractivity contribution in [1.29, 1.82) is 0 Å². The van der Waals surface area contributed by atoms with Gasteiger partial charge in [-0.3, -0.25) is 9.13 Å². The number of fused-ring (bicyclic) bond motifs is 12. The number of hydrogen-bond acceptors (Lipinski definition) is 4. The fourth-order valence-electron chi connectivity index (χ4n) is 12.5. The van der Waals surface area contributed by atoms with E-state index in [1.165, 1.54) is 60.9 Å². The molecule has 4 aromatic heterocycles. The minimum absolute atomic E-state index is 0.0792. The first-order valence-corrected chi connectivity index (χ1v) is 25.6. The third-order valence-corrected chi connectivity index (χ3v) is 16.2. The molecule has 2 aliphatic heterocycles. The average Bonchev–Trinajstić information content (AvgIpc) is 4.06. The standard InChI is InChI=1S/C64H63BN4O2/c1-32-20-17-21-33(2)48(32)59-66-51-53-44(30-40-38-26-36(61(5,6)7)28-42(63(11,12)13)55(38)70-57(40)51)65-45-31-41-39-27-37(62(8,9)10)29-43(64(14,15)16)56(39)71-58(41)52-54(45)69(47-25-19-24-46(50(47)65)68(53)59)60(67-52)49-34(3)22-18-23-35(49)4/h17-31H,1-16H3. The SMILES string of the molecule is Cc1cccc(C)c1-c1nc2c3oc4c(C(C)(C)C)cc(C(C)(C)C)cc4c3cc3c2n1-c1cccc2c1B3c1cc3c4cc(C(C)(C)C)cc(C(C)(C)C)c4oc3c3nc(-c4c(C)cccc4C)n-2c13. The van der Waals surface area contributed by atoms with Crippen molar-refractivity contribution in [3.63, 3.8) is 0 Å². The fourth-order valence-corrected chi connectivity index (χ4v) is 12.5. The summed E-state index contributed by atoms with van der Waals surface area (Å²) in [6.45, 7) is 36.4. The molecule has 0 spiro atoms. The predicted octanol–water partition coefficient (Wildman–Crippen LogP) is 15.1. The van der Waals surface area contributed by atoms with Gasteiger partial charge in [0.1, 0.15) is 33.8 Å². The van der Waals surface area contributed by atoms with Crippen molar-refractivity contribution >= 4 is 89.0 Å². The van der Waals surface area contributed by atoms with E-state index in [0.29, 0.717) is 0 Å². The highest BCUT2D eigenvalue weighted by atomic mass is 16.3. The summed E-state index contributed by atoms with van der Waals surface area (Å²) in [4.78, 5) is 11.7. The van der Waals surface area contributed by atoms with Gasteiger partial charge in [-0.05, 0) is 123 Å². The maximum atomic E-state index is 7.33. The second kappa shape index (κ2) is 14.0. The van der Waals surface area contributed by atoms with Crippen molar-refractivity contribution < 1.29 is 8.83 Å². The molecule has 6 nitrogen and oxygen atoms in total. The molecule has 0 unspecified atom stereocenters. The van der Waals surface area contributed by atoms with Gasteiger partial charge in [-0.2, -0.15) is 0 Å². The van der Waals surface area contributed by atoms with Gasteiger partial charge in [-0.15, -0.1) is 0 Å². The summed E-state index contributed by atoms with van der Waals surface area (Å²) in [5.74, 6) is 1.86. The Hall–Kier alpha value is -6.86. The van der Waals surface area contributed by atoms with Crippen LogP contribution in [0.2, 0.25) is 0 Å². The number of aromatic nitrogens is 4. The third-order valence-electron chi connectivity index (χ3n) is 16.2. The number of benzene rings is 7. The minimum Gasteiger partial charge on any atom is -0.453 e.